The van der Waals surface area contributed by atoms with E-state index in [-0.39, 0.29) is 11.8 Å². The maximum atomic E-state index is 11.3. The van der Waals surface area contributed by atoms with Crippen LogP contribution in [-0.4, -0.2) is 20.7 Å². The first-order chi connectivity index (χ1) is 6.15. The molecule has 0 atom stereocenters. The molecular formula is C8H14N4O. The number of anilines is 1. The van der Waals surface area contributed by atoms with Gasteiger partial charge in [-0.25, -0.2) is 0 Å². The molecule has 0 bridgehead atoms. The van der Waals surface area contributed by atoms with Crippen LogP contribution >= 0.6 is 0 Å². The van der Waals surface area contributed by atoms with Gasteiger partial charge in [0.2, 0.25) is 11.9 Å². The number of nitrogens with zero attached hydrogens (tertiary/aromatic N) is 3. The summed E-state index contributed by atoms with van der Waals surface area (Å²) in [6.07, 6.45) is 1.59. The molecule has 1 heterocycles. The van der Waals surface area contributed by atoms with Gasteiger partial charge in [0.1, 0.15) is 6.33 Å². The lowest BCUT2D eigenvalue weighted by molar-refractivity contribution is -0.118. The maximum Gasteiger partial charge on any atom is 0.231 e. The van der Waals surface area contributed by atoms with Crippen molar-refractivity contribution >= 4 is 11.9 Å². The molecule has 0 radical (unpaired) electrons. The van der Waals surface area contributed by atoms with Gasteiger partial charge in [-0.15, -0.1) is 10.2 Å². The summed E-state index contributed by atoms with van der Waals surface area (Å²) in [6, 6.07) is 0. The van der Waals surface area contributed by atoms with E-state index < -0.39 is 0 Å². The first kappa shape index (κ1) is 9.70. The van der Waals surface area contributed by atoms with Crippen LogP contribution in [0.15, 0.2) is 6.33 Å². The first-order valence-corrected chi connectivity index (χ1v) is 4.33. The first-order valence-electron chi connectivity index (χ1n) is 4.33. The lowest BCUT2D eigenvalue weighted by Gasteiger charge is -2.06. The van der Waals surface area contributed by atoms with Gasteiger partial charge in [0.15, 0.2) is 0 Å². The predicted molar refractivity (Wildman–Crippen MR) is 49.2 cm³/mol. The summed E-state index contributed by atoms with van der Waals surface area (Å²) in [5.41, 5.74) is 0. The van der Waals surface area contributed by atoms with Crippen molar-refractivity contribution in [1.29, 1.82) is 0 Å². The van der Waals surface area contributed by atoms with Crippen LogP contribution in [0.2, 0.25) is 0 Å². The average Bonchev–Trinajstić information content (AvgIpc) is 2.51. The molecule has 1 aromatic heterocycles. The molecule has 0 aliphatic rings. The highest BCUT2D eigenvalue weighted by molar-refractivity contribution is 5.90. The van der Waals surface area contributed by atoms with E-state index in [1.165, 1.54) is 0 Å². The van der Waals surface area contributed by atoms with Crippen molar-refractivity contribution in [2.45, 2.75) is 27.3 Å². The minimum absolute atomic E-state index is 0.0392. The quantitative estimate of drug-likeness (QED) is 0.755. The number of carbonyl (C=O) groups is 1. The maximum absolute atomic E-state index is 11.3. The number of amides is 1. The molecule has 0 saturated heterocycles. The fourth-order valence-corrected chi connectivity index (χ4v) is 0.838. The SMILES string of the molecule is CCn1cnnc1NC(=O)C(C)C. The van der Waals surface area contributed by atoms with Crippen molar-refractivity contribution in [3.05, 3.63) is 6.33 Å². The van der Waals surface area contributed by atoms with Crippen molar-refractivity contribution in [2.75, 3.05) is 5.32 Å². The Hall–Kier alpha value is -1.39. The van der Waals surface area contributed by atoms with Gasteiger partial charge in [-0.3, -0.25) is 10.1 Å². The number of hydrogen-bond acceptors (Lipinski definition) is 3. The highest BCUT2D eigenvalue weighted by atomic mass is 16.2. The van der Waals surface area contributed by atoms with Gasteiger partial charge in [0.05, 0.1) is 0 Å². The molecule has 5 nitrogen and oxygen atoms in total. The van der Waals surface area contributed by atoms with Crippen LogP contribution in [0.5, 0.6) is 0 Å². The zero-order chi connectivity index (χ0) is 9.84. The Morgan fingerprint density at radius 1 is 1.69 bits per heavy atom. The standard InChI is InChI=1S/C8H14N4O/c1-4-12-5-9-11-8(12)10-7(13)6(2)3/h5-6H,4H2,1-3H3,(H,10,11,13). The van der Waals surface area contributed by atoms with Gasteiger partial charge in [0.25, 0.3) is 0 Å². The highest BCUT2D eigenvalue weighted by Gasteiger charge is 2.10. The van der Waals surface area contributed by atoms with E-state index in [2.05, 4.69) is 15.5 Å². The van der Waals surface area contributed by atoms with Crippen LogP contribution in [-0.2, 0) is 11.3 Å². The minimum atomic E-state index is -0.0398. The topological polar surface area (TPSA) is 59.8 Å². The number of aromatic nitrogens is 3. The Morgan fingerprint density at radius 3 is 2.92 bits per heavy atom. The van der Waals surface area contributed by atoms with Gasteiger partial charge in [-0.05, 0) is 6.92 Å². The Morgan fingerprint density at radius 2 is 2.38 bits per heavy atom. The van der Waals surface area contributed by atoms with Gasteiger partial charge in [-0.1, -0.05) is 13.8 Å². The number of aryl methyl sites for hydroxylation is 1. The summed E-state index contributed by atoms with van der Waals surface area (Å²) in [6.45, 7) is 6.39. The summed E-state index contributed by atoms with van der Waals surface area (Å²) < 4.78 is 1.78. The van der Waals surface area contributed by atoms with E-state index in [1.54, 1.807) is 10.9 Å². The molecule has 0 unspecified atom stereocenters. The number of nitrogens with one attached hydrogen (secondary N) is 1. The van der Waals surface area contributed by atoms with Crippen LogP contribution in [0.3, 0.4) is 0 Å². The lowest BCUT2D eigenvalue weighted by Crippen LogP contribution is -2.20. The molecule has 13 heavy (non-hydrogen) atoms. The Kier molecular flexibility index (Phi) is 3.00. The summed E-state index contributed by atoms with van der Waals surface area (Å²) in [4.78, 5) is 11.3. The number of rotatable bonds is 3. The molecule has 0 saturated carbocycles. The third-order valence-electron chi connectivity index (χ3n) is 1.72. The van der Waals surface area contributed by atoms with Crippen LogP contribution < -0.4 is 5.32 Å². The Balaban J connectivity index is 2.68. The van der Waals surface area contributed by atoms with E-state index in [9.17, 15) is 4.79 Å². The van der Waals surface area contributed by atoms with Crippen LogP contribution in [0.4, 0.5) is 5.95 Å². The lowest BCUT2D eigenvalue weighted by atomic mass is 10.2. The van der Waals surface area contributed by atoms with E-state index >= 15 is 0 Å². The molecule has 1 aromatic rings. The normalized spacial score (nSPS) is 10.5. The number of hydrogen-bond donors (Lipinski definition) is 1. The summed E-state index contributed by atoms with van der Waals surface area (Å²) in [5.74, 6) is 0.436. The van der Waals surface area contributed by atoms with E-state index in [4.69, 9.17) is 0 Å². The molecular weight excluding hydrogens is 168 g/mol. The zero-order valence-electron chi connectivity index (χ0n) is 8.11. The predicted octanol–water partition coefficient (Wildman–Crippen LogP) is 0.892. The third kappa shape index (κ3) is 2.27. The second-order valence-electron chi connectivity index (χ2n) is 3.08. The molecule has 0 aromatic carbocycles. The molecule has 1 N–H and O–H groups in total. The summed E-state index contributed by atoms with van der Waals surface area (Å²) in [7, 11) is 0. The molecule has 0 aliphatic carbocycles. The number of carbonyl (C=O) groups excluding carboxylic acids is 1. The van der Waals surface area contributed by atoms with E-state index in [0.29, 0.717) is 5.95 Å². The largest absolute Gasteiger partial charge is 0.300 e. The Bertz CT molecular complexity index is 292. The van der Waals surface area contributed by atoms with Crippen molar-refractivity contribution in [2.24, 2.45) is 5.92 Å². The molecule has 1 rings (SSSR count). The average molecular weight is 182 g/mol. The third-order valence-corrected chi connectivity index (χ3v) is 1.72. The second kappa shape index (κ2) is 4.02. The van der Waals surface area contributed by atoms with Gasteiger partial charge in [-0.2, -0.15) is 0 Å². The van der Waals surface area contributed by atoms with Crippen LogP contribution in [0.1, 0.15) is 20.8 Å². The fraction of sp³-hybridized carbons (Fsp3) is 0.625. The monoisotopic (exact) mass is 182 g/mol. The second-order valence-corrected chi connectivity index (χ2v) is 3.08. The highest BCUT2D eigenvalue weighted by Crippen LogP contribution is 2.03. The van der Waals surface area contributed by atoms with Gasteiger partial charge < -0.3 is 4.57 Å². The van der Waals surface area contributed by atoms with E-state index in [1.807, 2.05) is 20.8 Å². The molecule has 72 valence electrons. The zero-order valence-corrected chi connectivity index (χ0v) is 8.11. The van der Waals surface area contributed by atoms with Gasteiger partial charge in [0, 0.05) is 12.5 Å². The van der Waals surface area contributed by atoms with Crippen molar-refractivity contribution in [1.82, 2.24) is 14.8 Å². The van der Waals surface area contributed by atoms with Crippen LogP contribution in [0, 0.1) is 5.92 Å². The molecule has 0 aliphatic heterocycles. The smallest absolute Gasteiger partial charge is 0.231 e. The van der Waals surface area contributed by atoms with Crippen molar-refractivity contribution < 1.29 is 4.79 Å². The van der Waals surface area contributed by atoms with Gasteiger partial charge >= 0.3 is 0 Å². The summed E-state index contributed by atoms with van der Waals surface area (Å²) in [5, 5.41) is 10.2. The fourth-order valence-electron chi connectivity index (χ4n) is 0.838. The van der Waals surface area contributed by atoms with Crippen molar-refractivity contribution in [3.8, 4) is 0 Å². The molecule has 5 heteroatoms. The van der Waals surface area contributed by atoms with E-state index in [0.717, 1.165) is 6.54 Å². The Labute approximate surface area is 77.2 Å². The molecule has 0 spiro atoms. The molecule has 0 fully saturated rings. The minimum Gasteiger partial charge on any atom is -0.300 e. The van der Waals surface area contributed by atoms with Crippen molar-refractivity contribution in [3.63, 3.8) is 0 Å². The molecule has 1 amide bonds. The summed E-state index contributed by atoms with van der Waals surface area (Å²) >= 11 is 0. The van der Waals surface area contributed by atoms with Crippen LogP contribution in [0.25, 0.3) is 0 Å².